The summed E-state index contributed by atoms with van der Waals surface area (Å²) in [6.45, 7) is 2.73. The van der Waals surface area contributed by atoms with Gasteiger partial charge < -0.3 is 9.88 Å². The Labute approximate surface area is 114 Å². The molecule has 0 fully saturated rings. The van der Waals surface area contributed by atoms with Crippen molar-refractivity contribution in [2.75, 3.05) is 5.32 Å². The highest BCUT2D eigenvalue weighted by atomic mass is 19.4. The molecule has 1 aliphatic rings. The van der Waals surface area contributed by atoms with Crippen LogP contribution in [0.3, 0.4) is 0 Å². The molecule has 0 saturated heterocycles. The largest absolute Gasteiger partial charge is 0.416 e. The van der Waals surface area contributed by atoms with Gasteiger partial charge >= 0.3 is 6.18 Å². The number of halogens is 3. The number of rotatable bonds is 1. The first-order chi connectivity index (χ1) is 9.43. The number of alkyl halides is 3. The van der Waals surface area contributed by atoms with Crippen LogP contribution in [-0.4, -0.2) is 9.55 Å². The highest BCUT2D eigenvalue weighted by molar-refractivity contribution is 5.37. The predicted octanol–water partition coefficient (Wildman–Crippen LogP) is 3.77. The van der Waals surface area contributed by atoms with Crippen LogP contribution in [0.4, 0.5) is 19.1 Å². The Kier molecular flexibility index (Phi) is 2.96. The average Bonchev–Trinajstić information content (AvgIpc) is 2.77. The van der Waals surface area contributed by atoms with Crippen molar-refractivity contribution in [3.05, 3.63) is 47.3 Å². The minimum atomic E-state index is -4.29. The van der Waals surface area contributed by atoms with Gasteiger partial charge in [0.25, 0.3) is 0 Å². The minimum absolute atomic E-state index is 0.00610. The maximum absolute atomic E-state index is 12.5. The van der Waals surface area contributed by atoms with Gasteiger partial charge in [-0.1, -0.05) is 12.1 Å². The lowest BCUT2D eigenvalue weighted by Gasteiger charge is -2.26. The fraction of sp³-hybridized carbons (Fsp3) is 0.357. The molecule has 1 unspecified atom stereocenters. The van der Waals surface area contributed by atoms with Crippen molar-refractivity contribution in [3.8, 4) is 0 Å². The van der Waals surface area contributed by atoms with Crippen molar-refractivity contribution in [2.45, 2.75) is 32.1 Å². The van der Waals surface area contributed by atoms with Gasteiger partial charge in [0.1, 0.15) is 0 Å². The number of nitrogens with one attached hydrogen (secondary N) is 1. The van der Waals surface area contributed by atoms with Crippen molar-refractivity contribution in [2.24, 2.45) is 0 Å². The van der Waals surface area contributed by atoms with E-state index in [-0.39, 0.29) is 6.04 Å². The molecule has 6 heteroatoms. The Morgan fingerprint density at radius 2 is 1.95 bits per heavy atom. The van der Waals surface area contributed by atoms with E-state index in [2.05, 4.69) is 10.3 Å². The first-order valence-corrected chi connectivity index (χ1v) is 6.41. The average molecular weight is 281 g/mol. The number of imidazole rings is 1. The molecule has 2 heterocycles. The van der Waals surface area contributed by atoms with Crippen LogP contribution in [-0.2, 0) is 12.7 Å². The van der Waals surface area contributed by atoms with Crippen LogP contribution in [0.2, 0.25) is 0 Å². The Morgan fingerprint density at radius 1 is 1.25 bits per heavy atom. The number of fused-ring (bicyclic) bond motifs is 1. The Morgan fingerprint density at radius 3 is 2.60 bits per heavy atom. The number of hydrogen-bond acceptors (Lipinski definition) is 2. The number of nitrogens with zero attached hydrogens (tertiary/aromatic N) is 2. The zero-order chi connectivity index (χ0) is 14.3. The Bertz CT molecular complexity index is 614. The third-order valence-corrected chi connectivity index (χ3v) is 3.50. The van der Waals surface area contributed by atoms with Gasteiger partial charge in [-0.25, -0.2) is 4.98 Å². The molecular weight excluding hydrogens is 267 g/mol. The standard InChI is InChI=1S/C14H14F3N3/c1-9-8-20-7-6-12(19-13(20)18-9)10-2-4-11(5-3-10)14(15,16)17/h2-5,8,12H,6-7H2,1H3,(H,18,19). The van der Waals surface area contributed by atoms with E-state index in [1.807, 2.05) is 17.7 Å². The fourth-order valence-corrected chi connectivity index (χ4v) is 2.48. The quantitative estimate of drug-likeness (QED) is 0.862. The second-order valence-corrected chi connectivity index (χ2v) is 5.00. The normalized spacial score (nSPS) is 18.5. The molecule has 20 heavy (non-hydrogen) atoms. The number of anilines is 1. The second-order valence-electron chi connectivity index (χ2n) is 5.00. The van der Waals surface area contributed by atoms with Gasteiger partial charge in [-0.15, -0.1) is 0 Å². The summed E-state index contributed by atoms with van der Waals surface area (Å²) in [6.07, 6.45) is -1.49. The summed E-state index contributed by atoms with van der Waals surface area (Å²) in [7, 11) is 0. The molecule has 0 amide bonds. The number of aryl methyl sites for hydroxylation is 2. The van der Waals surface area contributed by atoms with E-state index < -0.39 is 11.7 Å². The van der Waals surface area contributed by atoms with Crippen molar-refractivity contribution < 1.29 is 13.2 Å². The van der Waals surface area contributed by atoms with E-state index in [1.165, 1.54) is 12.1 Å². The lowest BCUT2D eigenvalue weighted by molar-refractivity contribution is -0.137. The summed E-state index contributed by atoms with van der Waals surface area (Å²) in [5, 5.41) is 3.26. The van der Waals surface area contributed by atoms with Gasteiger partial charge in [0.15, 0.2) is 0 Å². The Hall–Kier alpha value is -1.98. The summed E-state index contributed by atoms with van der Waals surface area (Å²) in [5.74, 6) is 0.777. The van der Waals surface area contributed by atoms with Crippen molar-refractivity contribution >= 4 is 5.95 Å². The maximum atomic E-state index is 12.5. The molecule has 1 aliphatic heterocycles. The third-order valence-electron chi connectivity index (χ3n) is 3.50. The van der Waals surface area contributed by atoms with Crippen LogP contribution in [0.5, 0.6) is 0 Å². The van der Waals surface area contributed by atoms with Crippen LogP contribution in [0.25, 0.3) is 0 Å². The van der Waals surface area contributed by atoms with Crippen LogP contribution in [0.1, 0.15) is 29.3 Å². The molecule has 1 aromatic carbocycles. The van der Waals surface area contributed by atoms with E-state index in [0.717, 1.165) is 42.3 Å². The van der Waals surface area contributed by atoms with E-state index >= 15 is 0 Å². The van der Waals surface area contributed by atoms with E-state index in [4.69, 9.17) is 0 Å². The molecule has 1 aromatic heterocycles. The number of benzene rings is 1. The van der Waals surface area contributed by atoms with Crippen LogP contribution < -0.4 is 5.32 Å². The van der Waals surface area contributed by atoms with E-state index in [1.54, 1.807) is 0 Å². The van der Waals surface area contributed by atoms with E-state index in [9.17, 15) is 13.2 Å². The van der Waals surface area contributed by atoms with Crippen LogP contribution in [0, 0.1) is 6.92 Å². The topological polar surface area (TPSA) is 29.9 Å². The highest BCUT2D eigenvalue weighted by Gasteiger charge is 2.30. The zero-order valence-electron chi connectivity index (χ0n) is 10.9. The summed E-state index contributed by atoms with van der Waals surface area (Å²) in [4.78, 5) is 4.36. The van der Waals surface area contributed by atoms with Crippen molar-refractivity contribution in [1.29, 1.82) is 0 Å². The fourth-order valence-electron chi connectivity index (χ4n) is 2.48. The Balaban J connectivity index is 1.81. The lowest BCUT2D eigenvalue weighted by atomic mass is 10.0. The SMILES string of the molecule is Cc1cn2c(n1)NC(c1ccc(C(F)(F)F)cc1)CC2. The van der Waals surface area contributed by atoms with Gasteiger partial charge in [0.2, 0.25) is 5.95 Å². The van der Waals surface area contributed by atoms with Gasteiger partial charge in [0.05, 0.1) is 17.3 Å². The molecule has 106 valence electrons. The monoisotopic (exact) mass is 281 g/mol. The van der Waals surface area contributed by atoms with Gasteiger partial charge in [-0.3, -0.25) is 0 Å². The molecule has 0 spiro atoms. The predicted molar refractivity (Wildman–Crippen MR) is 69.4 cm³/mol. The molecule has 0 aliphatic carbocycles. The number of aromatic nitrogens is 2. The van der Waals surface area contributed by atoms with Crippen molar-refractivity contribution in [1.82, 2.24) is 9.55 Å². The highest BCUT2D eigenvalue weighted by Crippen LogP contribution is 2.32. The molecule has 3 rings (SSSR count). The molecule has 0 bridgehead atoms. The zero-order valence-corrected chi connectivity index (χ0v) is 10.9. The molecule has 1 N–H and O–H groups in total. The summed E-state index contributed by atoms with van der Waals surface area (Å²) in [5.41, 5.74) is 1.17. The maximum Gasteiger partial charge on any atom is 0.416 e. The van der Waals surface area contributed by atoms with Crippen LogP contribution in [0.15, 0.2) is 30.5 Å². The summed E-state index contributed by atoms with van der Waals surface area (Å²) < 4.78 is 39.6. The molecule has 1 atom stereocenters. The molecule has 2 aromatic rings. The lowest BCUT2D eigenvalue weighted by Crippen LogP contribution is -2.22. The first kappa shape index (κ1) is 13.0. The molecule has 0 saturated carbocycles. The molecular formula is C14H14F3N3. The first-order valence-electron chi connectivity index (χ1n) is 6.41. The minimum Gasteiger partial charge on any atom is -0.349 e. The van der Waals surface area contributed by atoms with Crippen LogP contribution >= 0.6 is 0 Å². The molecule has 0 radical (unpaired) electrons. The van der Waals surface area contributed by atoms with E-state index in [0.29, 0.717) is 0 Å². The molecule has 3 nitrogen and oxygen atoms in total. The number of hydrogen-bond donors (Lipinski definition) is 1. The van der Waals surface area contributed by atoms with Gasteiger partial charge in [-0.05, 0) is 31.0 Å². The van der Waals surface area contributed by atoms with Gasteiger partial charge in [0, 0.05) is 12.7 Å². The summed E-state index contributed by atoms with van der Waals surface area (Å²) >= 11 is 0. The van der Waals surface area contributed by atoms with Crippen molar-refractivity contribution in [3.63, 3.8) is 0 Å². The second kappa shape index (κ2) is 4.54. The smallest absolute Gasteiger partial charge is 0.349 e. The van der Waals surface area contributed by atoms with Gasteiger partial charge in [-0.2, -0.15) is 13.2 Å². The summed E-state index contributed by atoms with van der Waals surface area (Å²) in [6, 6.07) is 5.33. The third kappa shape index (κ3) is 2.37.